The molecule has 4 atom stereocenters. The smallest absolute Gasteiger partial charge is 0.159 e. The zero-order valence-corrected chi connectivity index (χ0v) is 21.1. The van der Waals surface area contributed by atoms with Crippen LogP contribution >= 0.6 is 0 Å². The molecule has 4 heteroatoms. The first kappa shape index (κ1) is 29.8. The van der Waals surface area contributed by atoms with E-state index in [-0.39, 0.29) is 37.1 Å². The molecule has 1 aliphatic heterocycles. The van der Waals surface area contributed by atoms with Crippen LogP contribution in [-0.2, 0) is 9.53 Å². The van der Waals surface area contributed by atoms with Gasteiger partial charge in [-0.25, -0.2) is 0 Å². The minimum atomic E-state index is -0.0935. The second-order valence-corrected chi connectivity index (χ2v) is 8.71. The number of unbranched alkanes of at least 4 members (excludes halogenated alkanes) is 1. The number of rotatable bonds is 9. The molecule has 0 amide bonds. The predicted molar refractivity (Wildman–Crippen MR) is 131 cm³/mol. The van der Waals surface area contributed by atoms with Gasteiger partial charge in [-0.2, -0.15) is 0 Å². The molecule has 31 heavy (non-hydrogen) atoms. The molecule has 0 bridgehead atoms. The average Bonchev–Trinajstić information content (AvgIpc) is 2.76. The van der Waals surface area contributed by atoms with Crippen molar-refractivity contribution in [3.8, 4) is 0 Å². The summed E-state index contributed by atoms with van der Waals surface area (Å²) >= 11 is 0. The molecule has 4 nitrogen and oxygen atoms in total. The summed E-state index contributed by atoms with van der Waals surface area (Å²) < 4.78 is 5.99. The minimum absolute atomic E-state index is 0.00436. The van der Waals surface area contributed by atoms with Crippen molar-refractivity contribution in [2.75, 3.05) is 13.2 Å². The normalized spacial score (nSPS) is 23.1. The van der Waals surface area contributed by atoms with E-state index in [0.29, 0.717) is 6.42 Å². The Balaban J connectivity index is 0.000000639. The number of ether oxygens (including phenoxy) is 1. The number of Topliss-reactive ketones (excluding diaryl/α,β-unsaturated/α-hetero) is 1. The number of hydrogen-bond acceptors (Lipinski definition) is 4. The molecule has 1 aliphatic carbocycles. The van der Waals surface area contributed by atoms with Gasteiger partial charge in [0.25, 0.3) is 0 Å². The Bertz CT molecular complexity index is 584. The summed E-state index contributed by atoms with van der Waals surface area (Å²) in [4.78, 5) is 11.7. The van der Waals surface area contributed by atoms with Crippen molar-refractivity contribution in [2.45, 2.75) is 106 Å². The van der Waals surface area contributed by atoms with Crippen LogP contribution in [-0.4, -0.2) is 41.4 Å². The van der Waals surface area contributed by atoms with E-state index in [1.807, 2.05) is 32.9 Å². The Morgan fingerprint density at radius 3 is 2.45 bits per heavy atom. The lowest BCUT2D eigenvalue weighted by molar-refractivity contribution is -0.119. The third-order valence-corrected chi connectivity index (χ3v) is 5.85. The molecule has 0 saturated heterocycles. The van der Waals surface area contributed by atoms with E-state index in [2.05, 4.69) is 33.8 Å². The van der Waals surface area contributed by atoms with Crippen LogP contribution in [0.15, 0.2) is 34.9 Å². The molecule has 180 valence electrons. The number of hydrogen-bond donors (Lipinski definition) is 2. The zero-order valence-electron chi connectivity index (χ0n) is 21.1. The maximum Gasteiger partial charge on any atom is 0.159 e. The van der Waals surface area contributed by atoms with Gasteiger partial charge in [-0.15, -0.1) is 0 Å². The van der Waals surface area contributed by atoms with E-state index in [1.165, 1.54) is 24.8 Å². The Morgan fingerprint density at radius 2 is 1.90 bits per heavy atom. The Hall–Kier alpha value is -1.23. The van der Waals surface area contributed by atoms with Gasteiger partial charge in [-0.05, 0) is 76.0 Å². The van der Waals surface area contributed by atoms with Crippen LogP contribution < -0.4 is 0 Å². The predicted octanol–water partition coefficient (Wildman–Crippen LogP) is 6.18. The van der Waals surface area contributed by atoms with Crippen LogP contribution in [0.3, 0.4) is 0 Å². The number of ketones is 1. The van der Waals surface area contributed by atoms with Gasteiger partial charge in [-0.3, -0.25) is 4.79 Å². The van der Waals surface area contributed by atoms with Crippen molar-refractivity contribution in [3.63, 3.8) is 0 Å². The Labute approximate surface area is 191 Å². The van der Waals surface area contributed by atoms with Crippen molar-refractivity contribution >= 4 is 5.78 Å². The number of carbonyl (C=O) groups is 1. The Kier molecular flexibility index (Phi) is 16.7. The molecule has 0 aromatic rings. The Morgan fingerprint density at radius 1 is 1.23 bits per heavy atom. The highest BCUT2D eigenvalue weighted by Gasteiger charge is 2.35. The average molecular weight is 437 g/mol. The van der Waals surface area contributed by atoms with Gasteiger partial charge >= 0.3 is 0 Å². The molecule has 4 unspecified atom stereocenters. The van der Waals surface area contributed by atoms with E-state index < -0.39 is 0 Å². The highest BCUT2D eigenvalue weighted by Crippen LogP contribution is 2.35. The standard InChI is InChI=1S/C15H22O4.C10H20.C2H6/c1-10-6-15-13(8-14(10)18)11(9-17)7-12(19-15)4-2-3-5-16;1-5-10(4)8-6-7-9(2)3;1-2/h6-7,12-13,15-17H,2-5,8-9H2,1H3;7,10H,5-6,8H2,1-4H3;1-2H3. The van der Waals surface area contributed by atoms with Gasteiger partial charge in [-0.1, -0.05) is 51.8 Å². The molecule has 0 fully saturated rings. The maximum absolute atomic E-state index is 11.7. The molecule has 1 heterocycles. The summed E-state index contributed by atoms with van der Waals surface area (Å²) in [7, 11) is 0. The number of fused-ring (bicyclic) bond motifs is 1. The second kappa shape index (κ2) is 17.3. The third kappa shape index (κ3) is 11.8. The quantitative estimate of drug-likeness (QED) is 0.335. The fourth-order valence-corrected chi connectivity index (χ4v) is 3.65. The maximum atomic E-state index is 11.7. The summed E-state index contributed by atoms with van der Waals surface area (Å²) in [6.07, 6.45) is 12.9. The van der Waals surface area contributed by atoms with Crippen LogP contribution in [0, 0.1) is 11.8 Å². The lowest BCUT2D eigenvalue weighted by atomic mass is 9.79. The van der Waals surface area contributed by atoms with Gasteiger partial charge in [0.2, 0.25) is 0 Å². The monoisotopic (exact) mass is 436 g/mol. The number of carbonyl (C=O) groups excluding carboxylic acids is 1. The highest BCUT2D eigenvalue weighted by atomic mass is 16.5. The van der Waals surface area contributed by atoms with Crippen LogP contribution in [0.5, 0.6) is 0 Å². The first-order valence-corrected chi connectivity index (χ1v) is 12.2. The van der Waals surface area contributed by atoms with Gasteiger partial charge in [0.1, 0.15) is 0 Å². The largest absolute Gasteiger partial charge is 0.396 e. The zero-order chi connectivity index (χ0) is 23.8. The van der Waals surface area contributed by atoms with Crippen molar-refractivity contribution < 1.29 is 19.7 Å². The molecule has 0 aromatic carbocycles. The molecule has 0 radical (unpaired) electrons. The van der Waals surface area contributed by atoms with E-state index in [9.17, 15) is 9.90 Å². The van der Waals surface area contributed by atoms with Crippen LogP contribution in [0.1, 0.15) is 93.4 Å². The fourth-order valence-electron chi connectivity index (χ4n) is 3.65. The fraction of sp³-hybridized carbons (Fsp3) is 0.741. The molecular formula is C27H48O4. The second-order valence-electron chi connectivity index (χ2n) is 8.71. The third-order valence-electron chi connectivity index (χ3n) is 5.85. The number of aliphatic hydroxyl groups is 2. The summed E-state index contributed by atoms with van der Waals surface area (Å²) in [5.74, 6) is 1.04. The lowest BCUT2D eigenvalue weighted by Crippen LogP contribution is -2.38. The first-order chi connectivity index (χ1) is 14.8. The summed E-state index contributed by atoms with van der Waals surface area (Å²) in [5, 5.41) is 18.3. The molecule has 2 N–H and O–H groups in total. The highest BCUT2D eigenvalue weighted by molar-refractivity contribution is 5.96. The topological polar surface area (TPSA) is 66.8 Å². The van der Waals surface area contributed by atoms with Gasteiger partial charge in [0, 0.05) is 18.9 Å². The van der Waals surface area contributed by atoms with E-state index in [0.717, 1.165) is 36.3 Å². The molecule has 2 rings (SSSR count). The van der Waals surface area contributed by atoms with Crippen molar-refractivity contribution in [2.24, 2.45) is 11.8 Å². The van der Waals surface area contributed by atoms with E-state index in [4.69, 9.17) is 9.84 Å². The molecule has 0 aromatic heterocycles. The van der Waals surface area contributed by atoms with E-state index in [1.54, 1.807) is 0 Å². The van der Waals surface area contributed by atoms with Crippen LogP contribution in [0.2, 0.25) is 0 Å². The van der Waals surface area contributed by atoms with Gasteiger partial charge < -0.3 is 14.9 Å². The van der Waals surface area contributed by atoms with Crippen molar-refractivity contribution in [1.29, 1.82) is 0 Å². The molecule has 0 saturated carbocycles. The van der Waals surface area contributed by atoms with Crippen molar-refractivity contribution in [1.82, 2.24) is 0 Å². The van der Waals surface area contributed by atoms with Crippen LogP contribution in [0.4, 0.5) is 0 Å². The minimum Gasteiger partial charge on any atom is -0.396 e. The number of allylic oxidation sites excluding steroid dienone is 3. The van der Waals surface area contributed by atoms with Gasteiger partial charge in [0.05, 0.1) is 18.8 Å². The summed E-state index contributed by atoms with van der Waals surface area (Å²) in [6, 6.07) is 0. The first-order valence-electron chi connectivity index (χ1n) is 12.2. The SMILES string of the molecule is CC.CC1=CC2OC(CCCCO)C=C(CO)C2CC1=O.CCC(C)CCC=C(C)C. The summed E-state index contributed by atoms with van der Waals surface area (Å²) in [6.45, 7) is 14.9. The lowest BCUT2D eigenvalue weighted by Gasteiger charge is -2.37. The van der Waals surface area contributed by atoms with Gasteiger partial charge in [0.15, 0.2) is 5.78 Å². The molecule has 0 spiro atoms. The molecular weight excluding hydrogens is 388 g/mol. The van der Waals surface area contributed by atoms with Crippen molar-refractivity contribution in [3.05, 3.63) is 34.9 Å². The number of aliphatic hydroxyl groups excluding tert-OH is 2. The molecule has 2 aliphatic rings. The van der Waals surface area contributed by atoms with E-state index >= 15 is 0 Å². The van der Waals surface area contributed by atoms with Crippen LogP contribution in [0.25, 0.3) is 0 Å². The summed E-state index contributed by atoms with van der Waals surface area (Å²) in [5.41, 5.74) is 3.13.